The number of amides is 2. The summed E-state index contributed by atoms with van der Waals surface area (Å²) in [5.74, 6) is -0.913. The second-order valence-corrected chi connectivity index (χ2v) is 4.62. The highest BCUT2D eigenvalue weighted by atomic mass is 16.4. The quantitative estimate of drug-likeness (QED) is 0.727. The fourth-order valence-electron chi connectivity index (χ4n) is 1.00. The summed E-state index contributed by atoms with van der Waals surface area (Å²) in [5, 5.41) is 11.5. The van der Waals surface area contributed by atoms with Gasteiger partial charge in [-0.15, -0.1) is 0 Å². The molecule has 0 aromatic rings. The minimum Gasteiger partial charge on any atom is -0.481 e. The van der Waals surface area contributed by atoms with Crippen molar-refractivity contribution in [2.75, 3.05) is 20.1 Å². The highest BCUT2D eigenvalue weighted by Gasteiger charge is 2.27. The number of carboxylic acid groups (broad SMARTS) is 1. The molecule has 2 amide bonds. The Kier molecular flexibility index (Phi) is 5.85. The first kappa shape index (κ1) is 14.7. The van der Waals surface area contributed by atoms with Crippen LogP contribution in [0.3, 0.4) is 0 Å². The highest BCUT2D eigenvalue weighted by Crippen LogP contribution is 2.13. The van der Waals surface area contributed by atoms with Crippen LogP contribution in [0.15, 0.2) is 0 Å². The first-order valence-electron chi connectivity index (χ1n) is 5.53. The largest absolute Gasteiger partial charge is 0.481 e. The summed E-state index contributed by atoms with van der Waals surface area (Å²) in [6, 6.07) is -0.220. The lowest BCUT2D eigenvalue weighted by atomic mass is 9.94. The Morgan fingerprint density at radius 3 is 2.38 bits per heavy atom. The predicted octanol–water partition coefficient (Wildman–Crippen LogP) is 1.54. The van der Waals surface area contributed by atoms with Gasteiger partial charge in [0.1, 0.15) is 0 Å². The molecule has 0 aromatic heterocycles. The number of carbonyl (C=O) groups excluding carboxylic acids is 1. The topological polar surface area (TPSA) is 69.6 Å². The highest BCUT2D eigenvalue weighted by molar-refractivity contribution is 5.77. The van der Waals surface area contributed by atoms with Gasteiger partial charge in [0.15, 0.2) is 0 Å². The molecule has 0 radical (unpaired) electrons. The Morgan fingerprint density at radius 2 is 1.94 bits per heavy atom. The first-order valence-corrected chi connectivity index (χ1v) is 5.53. The molecule has 16 heavy (non-hydrogen) atoms. The van der Waals surface area contributed by atoms with Gasteiger partial charge in [0.25, 0.3) is 0 Å². The van der Waals surface area contributed by atoms with E-state index < -0.39 is 11.4 Å². The third-order valence-electron chi connectivity index (χ3n) is 2.45. The normalized spacial score (nSPS) is 11.0. The summed E-state index contributed by atoms with van der Waals surface area (Å²) < 4.78 is 0. The number of unbranched alkanes of at least 4 members (excludes halogenated alkanes) is 1. The van der Waals surface area contributed by atoms with Crippen molar-refractivity contribution in [3.63, 3.8) is 0 Å². The number of aliphatic carboxylic acids is 1. The number of rotatable bonds is 6. The molecule has 0 fully saturated rings. The van der Waals surface area contributed by atoms with Crippen LogP contribution >= 0.6 is 0 Å². The van der Waals surface area contributed by atoms with Crippen LogP contribution in [0.4, 0.5) is 4.79 Å². The van der Waals surface area contributed by atoms with Gasteiger partial charge in [0, 0.05) is 20.1 Å². The van der Waals surface area contributed by atoms with Crippen LogP contribution in [0.25, 0.3) is 0 Å². The van der Waals surface area contributed by atoms with Crippen LogP contribution in [0, 0.1) is 5.41 Å². The van der Waals surface area contributed by atoms with E-state index in [-0.39, 0.29) is 12.6 Å². The SMILES string of the molecule is CCCCN(C)C(=O)NCC(C)(C)C(=O)O. The lowest BCUT2D eigenvalue weighted by Gasteiger charge is -2.23. The Labute approximate surface area is 96.8 Å². The van der Waals surface area contributed by atoms with Crippen LogP contribution in [0.1, 0.15) is 33.6 Å². The van der Waals surface area contributed by atoms with Crippen LogP contribution in [0.5, 0.6) is 0 Å². The smallest absolute Gasteiger partial charge is 0.317 e. The fourth-order valence-corrected chi connectivity index (χ4v) is 1.00. The van der Waals surface area contributed by atoms with Crippen molar-refractivity contribution in [3.8, 4) is 0 Å². The van der Waals surface area contributed by atoms with E-state index in [2.05, 4.69) is 12.2 Å². The molecule has 2 N–H and O–H groups in total. The van der Waals surface area contributed by atoms with Crippen molar-refractivity contribution in [2.24, 2.45) is 5.41 Å². The molecule has 0 aliphatic carbocycles. The Balaban J connectivity index is 4.02. The minimum absolute atomic E-state index is 0.137. The average Bonchev–Trinajstić information content (AvgIpc) is 2.22. The maximum absolute atomic E-state index is 11.5. The van der Waals surface area contributed by atoms with Crippen molar-refractivity contribution in [1.82, 2.24) is 10.2 Å². The van der Waals surface area contributed by atoms with E-state index in [4.69, 9.17) is 5.11 Å². The van der Waals surface area contributed by atoms with Crippen molar-refractivity contribution >= 4 is 12.0 Å². The van der Waals surface area contributed by atoms with E-state index in [1.54, 1.807) is 25.8 Å². The zero-order valence-corrected chi connectivity index (χ0v) is 10.5. The van der Waals surface area contributed by atoms with Crippen LogP contribution in [0.2, 0.25) is 0 Å². The molecule has 94 valence electrons. The molecule has 0 aromatic carbocycles. The van der Waals surface area contributed by atoms with E-state index in [1.165, 1.54) is 0 Å². The molecule has 0 saturated carbocycles. The van der Waals surface area contributed by atoms with Crippen LogP contribution < -0.4 is 5.32 Å². The molecule has 0 spiro atoms. The Hall–Kier alpha value is -1.26. The zero-order valence-electron chi connectivity index (χ0n) is 10.5. The van der Waals surface area contributed by atoms with E-state index in [0.717, 1.165) is 12.8 Å². The number of carboxylic acids is 1. The van der Waals surface area contributed by atoms with Gasteiger partial charge >= 0.3 is 12.0 Å². The van der Waals surface area contributed by atoms with Gasteiger partial charge in [0.2, 0.25) is 0 Å². The summed E-state index contributed by atoms with van der Waals surface area (Å²) in [5.41, 5.74) is -0.929. The van der Waals surface area contributed by atoms with Crippen LogP contribution in [-0.2, 0) is 4.79 Å². The number of hydrogen-bond acceptors (Lipinski definition) is 2. The number of nitrogens with zero attached hydrogens (tertiary/aromatic N) is 1. The third kappa shape index (κ3) is 5.00. The summed E-state index contributed by atoms with van der Waals surface area (Å²) in [6.07, 6.45) is 1.98. The molecule has 0 aliphatic heterocycles. The van der Waals surface area contributed by atoms with E-state index in [0.29, 0.717) is 6.54 Å². The number of nitrogens with one attached hydrogen (secondary N) is 1. The molecule has 0 saturated heterocycles. The summed E-state index contributed by atoms with van der Waals surface area (Å²) in [7, 11) is 1.71. The van der Waals surface area contributed by atoms with Crippen molar-refractivity contribution in [2.45, 2.75) is 33.6 Å². The maximum atomic E-state index is 11.5. The first-order chi connectivity index (χ1) is 7.31. The molecular formula is C11H22N2O3. The number of carbonyl (C=O) groups is 2. The summed E-state index contributed by atoms with van der Waals surface area (Å²) in [4.78, 5) is 23.9. The van der Waals surface area contributed by atoms with Crippen molar-refractivity contribution in [1.29, 1.82) is 0 Å². The molecule has 0 rings (SSSR count). The second kappa shape index (κ2) is 6.35. The maximum Gasteiger partial charge on any atom is 0.317 e. The number of urea groups is 1. The van der Waals surface area contributed by atoms with Gasteiger partial charge in [-0.2, -0.15) is 0 Å². The minimum atomic E-state index is -0.929. The monoisotopic (exact) mass is 230 g/mol. The molecule has 0 bridgehead atoms. The zero-order chi connectivity index (χ0) is 12.8. The van der Waals surface area contributed by atoms with Crippen LogP contribution in [-0.4, -0.2) is 42.1 Å². The Bertz CT molecular complexity index is 252. The van der Waals surface area contributed by atoms with Crippen molar-refractivity contribution in [3.05, 3.63) is 0 Å². The van der Waals surface area contributed by atoms with Crippen molar-refractivity contribution < 1.29 is 14.7 Å². The summed E-state index contributed by atoms with van der Waals surface area (Å²) in [6.45, 7) is 6.05. The molecule has 0 aliphatic rings. The average molecular weight is 230 g/mol. The van der Waals surface area contributed by atoms with E-state index >= 15 is 0 Å². The second-order valence-electron chi connectivity index (χ2n) is 4.62. The van der Waals surface area contributed by atoms with Gasteiger partial charge < -0.3 is 15.3 Å². The Morgan fingerprint density at radius 1 is 1.38 bits per heavy atom. The van der Waals surface area contributed by atoms with E-state index in [1.807, 2.05) is 0 Å². The van der Waals surface area contributed by atoms with Gasteiger partial charge in [-0.25, -0.2) is 4.79 Å². The molecule has 5 heteroatoms. The van der Waals surface area contributed by atoms with E-state index in [9.17, 15) is 9.59 Å². The van der Waals surface area contributed by atoms with Gasteiger partial charge in [0.05, 0.1) is 5.41 Å². The lowest BCUT2D eigenvalue weighted by molar-refractivity contribution is -0.146. The standard InChI is InChI=1S/C11H22N2O3/c1-5-6-7-13(4)10(16)12-8-11(2,3)9(14)15/h5-8H2,1-4H3,(H,12,16)(H,14,15). The van der Waals surface area contributed by atoms with Gasteiger partial charge in [-0.1, -0.05) is 13.3 Å². The van der Waals surface area contributed by atoms with Gasteiger partial charge in [-0.3, -0.25) is 4.79 Å². The third-order valence-corrected chi connectivity index (χ3v) is 2.45. The number of hydrogen-bond donors (Lipinski definition) is 2. The molecule has 5 nitrogen and oxygen atoms in total. The molecule has 0 heterocycles. The molecule has 0 atom stereocenters. The predicted molar refractivity (Wildman–Crippen MR) is 62.4 cm³/mol. The summed E-state index contributed by atoms with van der Waals surface area (Å²) >= 11 is 0. The molecule has 0 unspecified atom stereocenters. The fraction of sp³-hybridized carbons (Fsp3) is 0.818. The lowest BCUT2D eigenvalue weighted by Crippen LogP contribution is -2.44. The molecular weight excluding hydrogens is 208 g/mol. The van der Waals surface area contributed by atoms with Gasteiger partial charge in [-0.05, 0) is 20.3 Å².